The molecule has 2 aromatic rings. The van der Waals surface area contributed by atoms with E-state index in [1.807, 2.05) is 17.5 Å². The van der Waals surface area contributed by atoms with E-state index in [0.29, 0.717) is 32.6 Å². The summed E-state index contributed by atoms with van der Waals surface area (Å²) in [4.78, 5) is 29.3. The molecule has 0 aliphatic carbocycles. The van der Waals surface area contributed by atoms with Crippen LogP contribution in [0.3, 0.4) is 0 Å². The van der Waals surface area contributed by atoms with Gasteiger partial charge in [-0.3, -0.25) is 9.59 Å². The molecule has 25 heavy (non-hydrogen) atoms. The van der Waals surface area contributed by atoms with Crippen LogP contribution in [0.4, 0.5) is 4.39 Å². The van der Waals surface area contributed by atoms with E-state index < -0.39 is 5.82 Å². The number of halogens is 1. The highest BCUT2D eigenvalue weighted by Crippen LogP contribution is 2.19. The highest BCUT2D eigenvalue weighted by molar-refractivity contribution is 7.10. The van der Waals surface area contributed by atoms with Gasteiger partial charge in [0.05, 0.1) is 13.5 Å². The minimum atomic E-state index is -0.557. The largest absolute Gasteiger partial charge is 0.494 e. The fraction of sp³-hybridized carbons (Fsp3) is 0.333. The van der Waals surface area contributed by atoms with E-state index in [2.05, 4.69) is 0 Å². The molecular formula is C18H19FN2O3S. The molecule has 0 bridgehead atoms. The SMILES string of the molecule is COc1ccc(C(=O)N2CCN(C(=O)Cc3cccs3)CC2)cc1F. The lowest BCUT2D eigenvalue weighted by Crippen LogP contribution is -2.51. The summed E-state index contributed by atoms with van der Waals surface area (Å²) < 4.78 is 18.6. The predicted molar refractivity (Wildman–Crippen MR) is 93.5 cm³/mol. The van der Waals surface area contributed by atoms with Gasteiger partial charge in [0.2, 0.25) is 5.91 Å². The van der Waals surface area contributed by atoms with Gasteiger partial charge in [-0.2, -0.15) is 0 Å². The normalized spacial score (nSPS) is 14.5. The summed E-state index contributed by atoms with van der Waals surface area (Å²) in [5.41, 5.74) is 0.289. The molecule has 1 aromatic carbocycles. The summed E-state index contributed by atoms with van der Waals surface area (Å²) in [5, 5.41) is 1.95. The van der Waals surface area contributed by atoms with Gasteiger partial charge < -0.3 is 14.5 Å². The molecule has 1 saturated heterocycles. The molecule has 1 fully saturated rings. The van der Waals surface area contributed by atoms with Gasteiger partial charge in [0.1, 0.15) is 0 Å². The Hall–Kier alpha value is -2.41. The molecule has 7 heteroatoms. The maximum absolute atomic E-state index is 13.8. The lowest BCUT2D eigenvalue weighted by atomic mass is 10.1. The Balaban J connectivity index is 1.57. The molecule has 2 amide bonds. The Morgan fingerprint density at radius 3 is 2.48 bits per heavy atom. The number of amides is 2. The minimum absolute atomic E-state index is 0.0741. The Morgan fingerprint density at radius 1 is 1.16 bits per heavy atom. The van der Waals surface area contributed by atoms with Crippen LogP contribution in [0.15, 0.2) is 35.7 Å². The zero-order valence-electron chi connectivity index (χ0n) is 13.9. The number of thiophene rings is 1. The third-order valence-electron chi connectivity index (χ3n) is 4.22. The standard InChI is InChI=1S/C18H19FN2O3S/c1-24-16-5-4-13(11-15(16)19)18(23)21-8-6-20(7-9-21)17(22)12-14-3-2-10-25-14/h2-5,10-11H,6-9,12H2,1H3. The van der Waals surface area contributed by atoms with Gasteiger partial charge in [-0.05, 0) is 29.6 Å². The molecule has 1 aliphatic heterocycles. The van der Waals surface area contributed by atoms with Gasteiger partial charge in [-0.1, -0.05) is 6.07 Å². The topological polar surface area (TPSA) is 49.9 Å². The highest BCUT2D eigenvalue weighted by atomic mass is 32.1. The van der Waals surface area contributed by atoms with E-state index in [0.717, 1.165) is 4.88 Å². The summed E-state index contributed by atoms with van der Waals surface area (Å²) in [6.07, 6.45) is 0.398. The maximum atomic E-state index is 13.8. The molecule has 0 unspecified atom stereocenters. The summed E-state index contributed by atoms with van der Waals surface area (Å²) in [7, 11) is 1.38. The van der Waals surface area contributed by atoms with Crippen molar-refractivity contribution in [3.05, 3.63) is 52.0 Å². The Kier molecular flexibility index (Phi) is 5.33. The number of piperazine rings is 1. The van der Waals surface area contributed by atoms with Crippen LogP contribution in [0.1, 0.15) is 15.2 Å². The molecule has 1 aromatic heterocycles. The quantitative estimate of drug-likeness (QED) is 0.839. The highest BCUT2D eigenvalue weighted by Gasteiger charge is 2.25. The van der Waals surface area contributed by atoms with Crippen molar-refractivity contribution < 1.29 is 18.7 Å². The molecule has 0 atom stereocenters. The monoisotopic (exact) mass is 362 g/mol. The van der Waals surface area contributed by atoms with Crippen LogP contribution >= 0.6 is 11.3 Å². The second-order valence-corrected chi connectivity index (χ2v) is 6.81. The minimum Gasteiger partial charge on any atom is -0.494 e. The fourth-order valence-electron chi connectivity index (χ4n) is 2.81. The van der Waals surface area contributed by atoms with E-state index >= 15 is 0 Å². The molecule has 3 rings (SSSR count). The van der Waals surface area contributed by atoms with Crippen LogP contribution < -0.4 is 4.74 Å². The smallest absolute Gasteiger partial charge is 0.254 e. The number of rotatable bonds is 4. The first-order valence-corrected chi connectivity index (χ1v) is 8.89. The molecule has 1 aliphatic rings. The third-order valence-corrected chi connectivity index (χ3v) is 5.10. The second-order valence-electron chi connectivity index (χ2n) is 5.78. The number of hydrogen-bond acceptors (Lipinski definition) is 4. The van der Waals surface area contributed by atoms with Crippen molar-refractivity contribution in [1.82, 2.24) is 9.80 Å². The van der Waals surface area contributed by atoms with Crippen LogP contribution in [-0.4, -0.2) is 54.9 Å². The summed E-state index contributed by atoms with van der Waals surface area (Å²) >= 11 is 1.56. The first-order chi connectivity index (χ1) is 12.1. The number of carbonyl (C=O) groups excluding carboxylic acids is 2. The van der Waals surface area contributed by atoms with Crippen LogP contribution in [0.5, 0.6) is 5.75 Å². The molecule has 0 saturated carbocycles. The van der Waals surface area contributed by atoms with Crippen LogP contribution in [0.25, 0.3) is 0 Å². The van der Waals surface area contributed by atoms with Gasteiger partial charge in [-0.15, -0.1) is 11.3 Å². The van der Waals surface area contributed by atoms with Gasteiger partial charge >= 0.3 is 0 Å². The van der Waals surface area contributed by atoms with Crippen molar-refractivity contribution in [3.8, 4) is 5.75 Å². The van der Waals surface area contributed by atoms with Crippen molar-refractivity contribution in [2.24, 2.45) is 0 Å². The van der Waals surface area contributed by atoms with Crippen molar-refractivity contribution in [2.75, 3.05) is 33.3 Å². The Morgan fingerprint density at radius 2 is 1.88 bits per heavy atom. The Bertz CT molecular complexity index is 756. The molecule has 2 heterocycles. The van der Waals surface area contributed by atoms with Crippen molar-refractivity contribution in [3.63, 3.8) is 0 Å². The number of hydrogen-bond donors (Lipinski definition) is 0. The lowest BCUT2D eigenvalue weighted by Gasteiger charge is -2.34. The van der Waals surface area contributed by atoms with Gasteiger partial charge in [0.25, 0.3) is 5.91 Å². The van der Waals surface area contributed by atoms with Gasteiger partial charge in [-0.25, -0.2) is 4.39 Å². The number of ether oxygens (including phenoxy) is 1. The fourth-order valence-corrected chi connectivity index (χ4v) is 3.51. The second kappa shape index (κ2) is 7.65. The molecule has 0 spiro atoms. The van der Waals surface area contributed by atoms with E-state index in [9.17, 15) is 14.0 Å². The zero-order valence-corrected chi connectivity index (χ0v) is 14.7. The number of methoxy groups -OCH3 is 1. The van der Waals surface area contributed by atoms with Crippen LogP contribution in [-0.2, 0) is 11.2 Å². The van der Waals surface area contributed by atoms with Crippen molar-refractivity contribution in [1.29, 1.82) is 0 Å². The van der Waals surface area contributed by atoms with E-state index in [1.165, 1.54) is 19.2 Å². The summed E-state index contributed by atoms with van der Waals surface area (Å²) in [6, 6.07) is 8.07. The molecule has 0 radical (unpaired) electrons. The number of nitrogens with zero attached hydrogens (tertiary/aromatic N) is 2. The first kappa shape index (κ1) is 17.4. The molecule has 0 N–H and O–H groups in total. The molecule has 132 valence electrons. The average molecular weight is 362 g/mol. The van der Waals surface area contributed by atoms with E-state index in [1.54, 1.807) is 27.2 Å². The van der Waals surface area contributed by atoms with Gasteiger partial charge in [0.15, 0.2) is 11.6 Å². The lowest BCUT2D eigenvalue weighted by molar-refractivity contribution is -0.131. The predicted octanol–water partition coefficient (Wildman–Crippen LogP) is 2.42. The zero-order chi connectivity index (χ0) is 17.8. The third kappa shape index (κ3) is 3.99. The number of benzene rings is 1. The molecular weight excluding hydrogens is 343 g/mol. The Labute approximate surface area is 149 Å². The maximum Gasteiger partial charge on any atom is 0.254 e. The van der Waals surface area contributed by atoms with Crippen molar-refractivity contribution >= 4 is 23.2 Å². The number of carbonyl (C=O) groups is 2. The van der Waals surface area contributed by atoms with Crippen LogP contribution in [0, 0.1) is 5.82 Å². The van der Waals surface area contributed by atoms with E-state index in [-0.39, 0.29) is 23.1 Å². The van der Waals surface area contributed by atoms with Crippen LogP contribution in [0.2, 0.25) is 0 Å². The van der Waals surface area contributed by atoms with Crippen molar-refractivity contribution in [2.45, 2.75) is 6.42 Å². The summed E-state index contributed by atoms with van der Waals surface area (Å²) in [5.74, 6) is -0.601. The average Bonchev–Trinajstić information content (AvgIpc) is 3.14. The van der Waals surface area contributed by atoms with Gasteiger partial charge in [0, 0.05) is 36.6 Å². The molecule has 5 nitrogen and oxygen atoms in total. The first-order valence-electron chi connectivity index (χ1n) is 8.01. The van der Waals surface area contributed by atoms with E-state index in [4.69, 9.17) is 4.74 Å². The summed E-state index contributed by atoms with van der Waals surface area (Å²) in [6.45, 7) is 1.88.